The molecule has 0 spiro atoms. The SMILES string of the molecule is CCN1CCc2nc(NC(=O)c3ccc(C)nc3)sc2C1. The van der Waals surface area contributed by atoms with Gasteiger partial charge < -0.3 is 0 Å². The Morgan fingerprint density at radius 2 is 2.33 bits per heavy atom. The number of likely N-dealkylation sites (N-methyl/N-ethyl adjacent to an activating group) is 1. The molecule has 1 amide bonds. The van der Waals surface area contributed by atoms with Crippen LogP contribution in [0.1, 0.15) is 33.5 Å². The zero-order valence-corrected chi connectivity index (χ0v) is 13.0. The summed E-state index contributed by atoms with van der Waals surface area (Å²) >= 11 is 1.58. The van der Waals surface area contributed by atoms with Crippen molar-refractivity contribution in [3.05, 3.63) is 40.2 Å². The summed E-state index contributed by atoms with van der Waals surface area (Å²) in [5.74, 6) is -0.152. The van der Waals surface area contributed by atoms with E-state index in [0.717, 1.165) is 37.4 Å². The summed E-state index contributed by atoms with van der Waals surface area (Å²) in [6, 6.07) is 3.62. The van der Waals surface area contributed by atoms with E-state index in [9.17, 15) is 4.79 Å². The number of hydrogen-bond donors (Lipinski definition) is 1. The third-order valence-corrected chi connectivity index (χ3v) is 4.65. The zero-order chi connectivity index (χ0) is 14.8. The first kappa shape index (κ1) is 14.2. The van der Waals surface area contributed by atoms with Crippen LogP contribution in [0.15, 0.2) is 18.3 Å². The number of pyridine rings is 1. The van der Waals surface area contributed by atoms with Crippen LogP contribution in [0.3, 0.4) is 0 Å². The number of hydrogen-bond acceptors (Lipinski definition) is 5. The fourth-order valence-electron chi connectivity index (χ4n) is 2.34. The summed E-state index contributed by atoms with van der Waals surface area (Å²) in [7, 11) is 0. The molecule has 0 radical (unpaired) electrons. The highest BCUT2D eigenvalue weighted by Gasteiger charge is 2.20. The van der Waals surface area contributed by atoms with Crippen molar-refractivity contribution in [3.63, 3.8) is 0 Å². The molecule has 21 heavy (non-hydrogen) atoms. The van der Waals surface area contributed by atoms with Crippen molar-refractivity contribution in [1.29, 1.82) is 0 Å². The number of aromatic nitrogens is 2. The van der Waals surface area contributed by atoms with Gasteiger partial charge in [0.05, 0.1) is 11.3 Å². The topological polar surface area (TPSA) is 58.1 Å². The summed E-state index contributed by atoms with van der Waals surface area (Å²) < 4.78 is 0. The second kappa shape index (κ2) is 5.91. The van der Waals surface area contributed by atoms with Gasteiger partial charge in [-0.3, -0.25) is 20.0 Å². The number of rotatable bonds is 3. The van der Waals surface area contributed by atoms with Crippen LogP contribution >= 0.6 is 11.3 Å². The molecule has 5 nitrogen and oxygen atoms in total. The van der Waals surface area contributed by atoms with Crippen LogP contribution in [0, 0.1) is 6.92 Å². The van der Waals surface area contributed by atoms with Gasteiger partial charge in [0, 0.05) is 36.3 Å². The molecule has 3 rings (SSSR count). The first-order chi connectivity index (χ1) is 10.2. The fraction of sp³-hybridized carbons (Fsp3) is 0.400. The predicted molar refractivity (Wildman–Crippen MR) is 83.7 cm³/mol. The first-order valence-electron chi connectivity index (χ1n) is 7.10. The molecule has 0 fully saturated rings. The maximum absolute atomic E-state index is 12.2. The minimum Gasteiger partial charge on any atom is -0.298 e. The third kappa shape index (κ3) is 3.11. The molecule has 2 aromatic heterocycles. The number of fused-ring (bicyclic) bond motifs is 1. The molecular formula is C15H18N4OS. The Kier molecular flexibility index (Phi) is 3.98. The van der Waals surface area contributed by atoms with Gasteiger partial charge in [-0.2, -0.15) is 0 Å². The molecule has 0 aromatic carbocycles. The molecule has 6 heteroatoms. The van der Waals surface area contributed by atoms with E-state index in [1.165, 1.54) is 4.88 Å². The summed E-state index contributed by atoms with van der Waals surface area (Å²) in [4.78, 5) is 24.5. The van der Waals surface area contributed by atoms with E-state index in [1.54, 1.807) is 23.6 Å². The fourth-order valence-corrected chi connectivity index (χ4v) is 3.39. The Balaban J connectivity index is 1.72. The number of carbonyl (C=O) groups excluding carboxylic acids is 1. The monoisotopic (exact) mass is 302 g/mol. The number of nitrogens with zero attached hydrogens (tertiary/aromatic N) is 3. The standard InChI is InChI=1S/C15H18N4OS/c1-3-19-7-6-12-13(9-19)21-15(17-12)18-14(20)11-5-4-10(2)16-8-11/h4-5,8H,3,6-7,9H2,1-2H3,(H,17,18,20). The number of nitrogens with one attached hydrogen (secondary N) is 1. The van der Waals surface area contributed by atoms with Crippen LogP contribution in [0.5, 0.6) is 0 Å². The normalized spacial score (nSPS) is 14.8. The predicted octanol–water partition coefficient (Wildman–Crippen LogP) is 2.48. The largest absolute Gasteiger partial charge is 0.298 e. The van der Waals surface area contributed by atoms with E-state index >= 15 is 0 Å². The maximum atomic E-state index is 12.2. The quantitative estimate of drug-likeness (QED) is 0.946. The lowest BCUT2D eigenvalue weighted by Gasteiger charge is -2.23. The lowest BCUT2D eigenvalue weighted by Crippen LogP contribution is -2.29. The van der Waals surface area contributed by atoms with Crippen LogP contribution in [0.4, 0.5) is 5.13 Å². The highest BCUT2D eigenvalue weighted by Crippen LogP contribution is 2.28. The minimum atomic E-state index is -0.152. The third-order valence-electron chi connectivity index (χ3n) is 3.65. The molecule has 0 aliphatic carbocycles. The number of amides is 1. The zero-order valence-electron chi connectivity index (χ0n) is 12.2. The minimum absolute atomic E-state index is 0.152. The van der Waals surface area contributed by atoms with E-state index in [1.807, 2.05) is 13.0 Å². The molecule has 1 aliphatic heterocycles. The Morgan fingerprint density at radius 3 is 3.05 bits per heavy atom. The molecule has 0 saturated heterocycles. The molecule has 0 unspecified atom stereocenters. The highest BCUT2D eigenvalue weighted by atomic mass is 32.1. The number of aryl methyl sites for hydroxylation is 1. The van der Waals surface area contributed by atoms with E-state index in [0.29, 0.717) is 10.7 Å². The van der Waals surface area contributed by atoms with Gasteiger partial charge in [0.1, 0.15) is 0 Å². The number of anilines is 1. The van der Waals surface area contributed by atoms with Crippen molar-refractivity contribution in [3.8, 4) is 0 Å². The molecule has 3 heterocycles. The lowest BCUT2D eigenvalue weighted by molar-refractivity contribution is 0.102. The second-order valence-corrected chi connectivity index (χ2v) is 6.23. The molecule has 1 aliphatic rings. The summed E-state index contributed by atoms with van der Waals surface area (Å²) in [6.45, 7) is 7.09. The number of thiazole rings is 1. The molecule has 0 saturated carbocycles. The summed E-state index contributed by atoms with van der Waals surface area (Å²) in [5.41, 5.74) is 2.59. The van der Waals surface area contributed by atoms with Crippen molar-refractivity contribution < 1.29 is 4.79 Å². The van der Waals surface area contributed by atoms with E-state index in [-0.39, 0.29) is 5.91 Å². The number of carbonyl (C=O) groups is 1. The molecular weight excluding hydrogens is 284 g/mol. The second-order valence-electron chi connectivity index (χ2n) is 5.15. The Morgan fingerprint density at radius 1 is 1.48 bits per heavy atom. The summed E-state index contributed by atoms with van der Waals surface area (Å²) in [6.07, 6.45) is 2.55. The van der Waals surface area contributed by atoms with Crippen LogP contribution in [-0.2, 0) is 13.0 Å². The van der Waals surface area contributed by atoms with Crippen LogP contribution in [-0.4, -0.2) is 33.9 Å². The molecule has 0 atom stereocenters. The highest BCUT2D eigenvalue weighted by molar-refractivity contribution is 7.15. The van der Waals surface area contributed by atoms with Gasteiger partial charge >= 0.3 is 0 Å². The first-order valence-corrected chi connectivity index (χ1v) is 7.92. The van der Waals surface area contributed by atoms with Gasteiger partial charge in [-0.25, -0.2) is 4.98 Å². The van der Waals surface area contributed by atoms with Crippen molar-refractivity contribution in [2.24, 2.45) is 0 Å². The van der Waals surface area contributed by atoms with E-state index in [4.69, 9.17) is 0 Å². The Bertz CT molecular complexity index is 650. The van der Waals surface area contributed by atoms with Crippen molar-refractivity contribution in [2.45, 2.75) is 26.8 Å². The van der Waals surface area contributed by atoms with Gasteiger partial charge in [0.25, 0.3) is 5.91 Å². The van der Waals surface area contributed by atoms with Gasteiger partial charge in [-0.1, -0.05) is 6.92 Å². The lowest BCUT2D eigenvalue weighted by atomic mass is 10.2. The van der Waals surface area contributed by atoms with Crippen molar-refractivity contribution >= 4 is 22.4 Å². The average Bonchev–Trinajstić information content (AvgIpc) is 2.88. The summed E-state index contributed by atoms with van der Waals surface area (Å²) in [5, 5.41) is 3.56. The molecule has 110 valence electrons. The van der Waals surface area contributed by atoms with Gasteiger partial charge in [0.2, 0.25) is 0 Å². The van der Waals surface area contributed by atoms with Gasteiger partial charge in [0.15, 0.2) is 5.13 Å². The molecule has 0 bridgehead atoms. The average molecular weight is 302 g/mol. The molecule has 2 aromatic rings. The van der Waals surface area contributed by atoms with E-state index in [2.05, 4.69) is 27.1 Å². The van der Waals surface area contributed by atoms with Crippen LogP contribution < -0.4 is 5.32 Å². The van der Waals surface area contributed by atoms with Crippen LogP contribution in [0.25, 0.3) is 0 Å². The Labute approximate surface area is 128 Å². The Hall–Kier alpha value is -1.79. The van der Waals surface area contributed by atoms with Crippen molar-refractivity contribution in [2.75, 3.05) is 18.4 Å². The van der Waals surface area contributed by atoms with Crippen LogP contribution in [0.2, 0.25) is 0 Å². The molecule has 1 N–H and O–H groups in total. The van der Waals surface area contributed by atoms with E-state index < -0.39 is 0 Å². The smallest absolute Gasteiger partial charge is 0.259 e. The van der Waals surface area contributed by atoms with Gasteiger partial charge in [-0.05, 0) is 25.6 Å². The van der Waals surface area contributed by atoms with Gasteiger partial charge in [-0.15, -0.1) is 11.3 Å². The van der Waals surface area contributed by atoms with Crippen molar-refractivity contribution in [1.82, 2.24) is 14.9 Å². The maximum Gasteiger partial charge on any atom is 0.259 e.